The van der Waals surface area contributed by atoms with E-state index >= 15 is 0 Å². The van der Waals surface area contributed by atoms with Crippen molar-refractivity contribution in [2.24, 2.45) is 4.99 Å². The molecule has 1 heterocycles. The zero-order chi connectivity index (χ0) is 19.8. The number of aromatic nitrogens is 2. The van der Waals surface area contributed by atoms with Crippen LogP contribution in [0.15, 0.2) is 35.3 Å². The SMILES string of the molecule is CCNC(=NCc1c(C)nn(Cc2ccccc2)c1C)NCC(=O)N(C)C. The van der Waals surface area contributed by atoms with Gasteiger partial charge in [-0.15, -0.1) is 0 Å². The number of carbonyl (C=O) groups is 1. The molecule has 0 unspecified atom stereocenters. The quantitative estimate of drug-likeness (QED) is 0.575. The highest BCUT2D eigenvalue weighted by molar-refractivity contribution is 5.86. The molecule has 1 aromatic heterocycles. The second-order valence-corrected chi connectivity index (χ2v) is 6.63. The van der Waals surface area contributed by atoms with Crippen molar-refractivity contribution in [1.82, 2.24) is 25.3 Å². The number of hydrogen-bond acceptors (Lipinski definition) is 3. The van der Waals surface area contributed by atoms with E-state index in [1.807, 2.05) is 36.7 Å². The first-order valence-corrected chi connectivity index (χ1v) is 9.21. The minimum atomic E-state index is 0.00337. The normalized spacial score (nSPS) is 11.4. The van der Waals surface area contributed by atoms with Crippen molar-refractivity contribution in [2.75, 3.05) is 27.2 Å². The van der Waals surface area contributed by atoms with Crippen LogP contribution in [0.2, 0.25) is 0 Å². The number of aryl methyl sites for hydroxylation is 1. The summed E-state index contributed by atoms with van der Waals surface area (Å²) in [6.07, 6.45) is 0. The minimum Gasteiger partial charge on any atom is -0.357 e. The molecule has 146 valence electrons. The molecule has 7 heteroatoms. The second kappa shape index (κ2) is 9.75. The van der Waals surface area contributed by atoms with Gasteiger partial charge in [-0.05, 0) is 26.3 Å². The molecule has 0 radical (unpaired) electrons. The van der Waals surface area contributed by atoms with Gasteiger partial charge in [0.15, 0.2) is 5.96 Å². The van der Waals surface area contributed by atoms with Gasteiger partial charge >= 0.3 is 0 Å². The molecular formula is C20H30N6O. The lowest BCUT2D eigenvalue weighted by molar-refractivity contribution is -0.127. The lowest BCUT2D eigenvalue weighted by Gasteiger charge is -2.14. The van der Waals surface area contributed by atoms with Crippen LogP contribution in [-0.4, -0.2) is 53.7 Å². The van der Waals surface area contributed by atoms with Crippen molar-refractivity contribution in [3.8, 4) is 0 Å². The van der Waals surface area contributed by atoms with Gasteiger partial charge in [-0.2, -0.15) is 5.10 Å². The minimum absolute atomic E-state index is 0.00337. The van der Waals surface area contributed by atoms with Gasteiger partial charge in [0.25, 0.3) is 0 Å². The molecule has 0 atom stereocenters. The fourth-order valence-corrected chi connectivity index (χ4v) is 2.69. The molecule has 0 aliphatic carbocycles. The van der Waals surface area contributed by atoms with Crippen molar-refractivity contribution in [2.45, 2.75) is 33.9 Å². The maximum absolute atomic E-state index is 11.8. The Morgan fingerprint density at radius 2 is 1.89 bits per heavy atom. The van der Waals surface area contributed by atoms with Gasteiger partial charge in [0.2, 0.25) is 5.91 Å². The van der Waals surface area contributed by atoms with E-state index in [4.69, 9.17) is 0 Å². The number of aliphatic imine (C=N–C) groups is 1. The molecule has 2 aromatic rings. The Kier molecular flexibility index (Phi) is 7.40. The first kappa shape index (κ1) is 20.5. The lowest BCUT2D eigenvalue weighted by Crippen LogP contribution is -2.42. The Labute approximate surface area is 161 Å². The lowest BCUT2D eigenvalue weighted by atomic mass is 10.2. The van der Waals surface area contributed by atoms with E-state index in [0.29, 0.717) is 12.5 Å². The maximum Gasteiger partial charge on any atom is 0.241 e. The van der Waals surface area contributed by atoms with Crippen LogP contribution in [0.4, 0.5) is 0 Å². The molecule has 0 saturated carbocycles. The molecule has 0 saturated heterocycles. The molecule has 0 aliphatic rings. The number of guanidine groups is 1. The Morgan fingerprint density at radius 1 is 1.19 bits per heavy atom. The fraction of sp³-hybridized carbons (Fsp3) is 0.450. The Balaban J connectivity index is 2.10. The van der Waals surface area contributed by atoms with Gasteiger partial charge < -0.3 is 15.5 Å². The second-order valence-electron chi connectivity index (χ2n) is 6.63. The molecular weight excluding hydrogens is 340 g/mol. The van der Waals surface area contributed by atoms with Crippen LogP contribution in [0.25, 0.3) is 0 Å². The molecule has 0 bridgehead atoms. The van der Waals surface area contributed by atoms with Crippen LogP contribution in [0, 0.1) is 13.8 Å². The van der Waals surface area contributed by atoms with Gasteiger partial charge in [0.05, 0.1) is 25.3 Å². The van der Waals surface area contributed by atoms with E-state index in [1.54, 1.807) is 19.0 Å². The molecule has 0 fully saturated rings. The third-order valence-electron chi connectivity index (χ3n) is 4.35. The van der Waals surface area contributed by atoms with Gasteiger partial charge in [-0.1, -0.05) is 30.3 Å². The van der Waals surface area contributed by atoms with E-state index in [-0.39, 0.29) is 12.5 Å². The summed E-state index contributed by atoms with van der Waals surface area (Å²) in [6, 6.07) is 10.3. The monoisotopic (exact) mass is 370 g/mol. The summed E-state index contributed by atoms with van der Waals surface area (Å²) in [4.78, 5) is 18.0. The average Bonchev–Trinajstić information content (AvgIpc) is 2.91. The fourth-order valence-electron chi connectivity index (χ4n) is 2.69. The summed E-state index contributed by atoms with van der Waals surface area (Å²) >= 11 is 0. The summed E-state index contributed by atoms with van der Waals surface area (Å²) in [5.41, 5.74) is 4.42. The predicted molar refractivity (Wildman–Crippen MR) is 109 cm³/mol. The van der Waals surface area contributed by atoms with Crippen molar-refractivity contribution < 1.29 is 4.79 Å². The number of hydrogen-bond donors (Lipinski definition) is 2. The van der Waals surface area contributed by atoms with Crippen LogP contribution >= 0.6 is 0 Å². The third-order valence-corrected chi connectivity index (χ3v) is 4.35. The highest BCUT2D eigenvalue weighted by Gasteiger charge is 2.12. The number of nitrogens with one attached hydrogen (secondary N) is 2. The van der Waals surface area contributed by atoms with Gasteiger partial charge in [0, 0.05) is 31.9 Å². The molecule has 2 N–H and O–H groups in total. The smallest absolute Gasteiger partial charge is 0.241 e. The summed E-state index contributed by atoms with van der Waals surface area (Å²) in [6.45, 7) is 8.28. The molecule has 7 nitrogen and oxygen atoms in total. The van der Waals surface area contributed by atoms with E-state index in [1.165, 1.54) is 5.56 Å². The first-order valence-electron chi connectivity index (χ1n) is 9.21. The Hall–Kier alpha value is -2.83. The van der Waals surface area contributed by atoms with Crippen LogP contribution in [0.1, 0.15) is 29.4 Å². The molecule has 2 rings (SSSR count). The van der Waals surface area contributed by atoms with Gasteiger partial charge in [-0.3, -0.25) is 9.48 Å². The summed E-state index contributed by atoms with van der Waals surface area (Å²) < 4.78 is 2.02. The molecule has 1 amide bonds. The van der Waals surface area contributed by atoms with Crippen LogP contribution in [0.3, 0.4) is 0 Å². The summed E-state index contributed by atoms with van der Waals surface area (Å²) in [5.74, 6) is 0.631. The highest BCUT2D eigenvalue weighted by Crippen LogP contribution is 2.15. The predicted octanol–water partition coefficient (Wildman–Crippen LogP) is 1.69. The number of carbonyl (C=O) groups excluding carboxylic acids is 1. The standard InChI is InChI=1S/C20H30N6O/c1-6-21-20(23-13-19(27)25(4)5)22-12-18-15(2)24-26(16(18)3)14-17-10-8-7-9-11-17/h7-11H,6,12-14H2,1-5H3,(H2,21,22,23). The van der Waals surface area contributed by atoms with Crippen LogP contribution < -0.4 is 10.6 Å². The molecule has 27 heavy (non-hydrogen) atoms. The van der Waals surface area contributed by atoms with E-state index in [0.717, 1.165) is 30.0 Å². The van der Waals surface area contributed by atoms with Crippen molar-refractivity contribution in [3.63, 3.8) is 0 Å². The van der Waals surface area contributed by atoms with Crippen molar-refractivity contribution >= 4 is 11.9 Å². The van der Waals surface area contributed by atoms with Gasteiger partial charge in [-0.25, -0.2) is 4.99 Å². The third kappa shape index (κ3) is 5.84. The van der Waals surface area contributed by atoms with Crippen LogP contribution in [-0.2, 0) is 17.9 Å². The van der Waals surface area contributed by atoms with Crippen molar-refractivity contribution in [1.29, 1.82) is 0 Å². The van der Waals surface area contributed by atoms with E-state index in [9.17, 15) is 4.79 Å². The Bertz CT molecular complexity index is 779. The maximum atomic E-state index is 11.8. The van der Waals surface area contributed by atoms with Crippen molar-refractivity contribution in [3.05, 3.63) is 52.8 Å². The first-order chi connectivity index (χ1) is 12.9. The zero-order valence-electron chi connectivity index (χ0n) is 16.9. The number of nitrogens with zero attached hydrogens (tertiary/aromatic N) is 4. The molecule has 1 aromatic carbocycles. The largest absolute Gasteiger partial charge is 0.357 e. The molecule has 0 spiro atoms. The highest BCUT2D eigenvalue weighted by atomic mass is 16.2. The number of benzene rings is 1. The zero-order valence-corrected chi connectivity index (χ0v) is 16.9. The average molecular weight is 371 g/mol. The number of likely N-dealkylation sites (N-methyl/N-ethyl adjacent to an activating group) is 1. The summed E-state index contributed by atoms with van der Waals surface area (Å²) in [7, 11) is 3.48. The number of amides is 1. The summed E-state index contributed by atoms with van der Waals surface area (Å²) in [5, 5.41) is 10.9. The van der Waals surface area contributed by atoms with E-state index < -0.39 is 0 Å². The topological polar surface area (TPSA) is 74.5 Å². The van der Waals surface area contributed by atoms with Gasteiger partial charge in [0.1, 0.15) is 0 Å². The van der Waals surface area contributed by atoms with Crippen LogP contribution in [0.5, 0.6) is 0 Å². The Morgan fingerprint density at radius 3 is 2.52 bits per heavy atom. The number of rotatable bonds is 7. The molecule has 0 aliphatic heterocycles. The van der Waals surface area contributed by atoms with E-state index in [2.05, 4.69) is 39.8 Å².